The lowest BCUT2D eigenvalue weighted by molar-refractivity contribution is 0.101. The number of nitrogens with zero attached hydrogens (tertiary/aromatic N) is 5. The molecule has 4 aromatic heterocycles. The summed E-state index contributed by atoms with van der Waals surface area (Å²) in [6.45, 7) is 0. The number of halogens is 2. The van der Waals surface area contributed by atoms with Crippen LogP contribution in [0.1, 0.15) is 10.5 Å². The topological polar surface area (TPSA) is 94.3 Å². The molecule has 0 saturated heterocycles. The molecule has 0 bridgehead atoms. The molecular weight excluding hydrogens is 358 g/mol. The van der Waals surface area contributed by atoms with Gasteiger partial charge in [-0.25, -0.2) is 23.3 Å². The van der Waals surface area contributed by atoms with Gasteiger partial charge in [-0.15, -0.1) is 0 Å². The molecule has 4 aromatic rings. The van der Waals surface area contributed by atoms with Crippen LogP contribution in [-0.2, 0) is 0 Å². The zero-order valence-electron chi connectivity index (χ0n) is 13.5. The number of carbonyl (C=O) groups is 1. The third-order valence-corrected chi connectivity index (χ3v) is 3.47. The van der Waals surface area contributed by atoms with E-state index in [0.717, 1.165) is 18.5 Å². The summed E-state index contributed by atoms with van der Waals surface area (Å²) in [7, 11) is 0. The third kappa shape index (κ3) is 3.54. The van der Waals surface area contributed by atoms with E-state index in [1.54, 1.807) is 0 Å². The van der Waals surface area contributed by atoms with Crippen molar-refractivity contribution >= 4 is 17.4 Å². The molecule has 134 valence electrons. The molecule has 0 radical (unpaired) electrons. The number of hydrogen-bond donors (Lipinski definition) is 1. The number of anilines is 1. The lowest BCUT2D eigenvalue weighted by atomic mass is 10.3. The minimum atomic E-state index is -0.563. The van der Waals surface area contributed by atoms with Gasteiger partial charge in [0.2, 0.25) is 0 Å². The minimum absolute atomic E-state index is 0.0930. The Morgan fingerprint density at radius 3 is 2.67 bits per heavy atom. The molecule has 4 rings (SSSR count). The van der Waals surface area contributed by atoms with E-state index in [1.807, 2.05) is 0 Å². The normalized spacial score (nSPS) is 10.7. The van der Waals surface area contributed by atoms with Gasteiger partial charge < -0.3 is 10.1 Å². The highest BCUT2D eigenvalue weighted by atomic mass is 19.1. The average Bonchev–Trinajstić information content (AvgIpc) is 3.11. The Kier molecular flexibility index (Phi) is 4.13. The van der Waals surface area contributed by atoms with Crippen molar-refractivity contribution in [2.75, 3.05) is 5.32 Å². The first-order valence-corrected chi connectivity index (χ1v) is 7.63. The Morgan fingerprint density at radius 1 is 1.00 bits per heavy atom. The van der Waals surface area contributed by atoms with Crippen LogP contribution in [0, 0.1) is 11.6 Å². The summed E-state index contributed by atoms with van der Waals surface area (Å²) in [5.74, 6) is -1.09. The fraction of sp³-hybridized carbons (Fsp3) is 0. The van der Waals surface area contributed by atoms with Crippen molar-refractivity contribution in [3.63, 3.8) is 0 Å². The molecule has 0 saturated carbocycles. The van der Waals surface area contributed by atoms with Crippen LogP contribution in [0.15, 0.2) is 55.2 Å². The number of ether oxygens (including phenoxy) is 1. The Hall–Kier alpha value is -3.95. The van der Waals surface area contributed by atoms with Crippen molar-refractivity contribution in [1.82, 2.24) is 24.6 Å². The van der Waals surface area contributed by atoms with Gasteiger partial charge in [0, 0.05) is 18.2 Å². The number of amides is 1. The summed E-state index contributed by atoms with van der Waals surface area (Å²) in [6, 6.07) is 6.59. The SMILES string of the molecule is O=C(Nc1ccc(F)cn1)c1cc(Oc2cncc(F)c2)cc2ncnn12. The molecule has 0 fully saturated rings. The van der Waals surface area contributed by atoms with Crippen LogP contribution < -0.4 is 10.1 Å². The third-order valence-electron chi connectivity index (χ3n) is 3.47. The van der Waals surface area contributed by atoms with Gasteiger partial charge in [-0.1, -0.05) is 0 Å². The van der Waals surface area contributed by atoms with Crippen molar-refractivity contribution in [2.45, 2.75) is 0 Å². The zero-order chi connectivity index (χ0) is 18.8. The second-order valence-corrected chi connectivity index (χ2v) is 5.36. The van der Waals surface area contributed by atoms with Crippen molar-refractivity contribution in [1.29, 1.82) is 0 Å². The van der Waals surface area contributed by atoms with Gasteiger partial charge in [-0.2, -0.15) is 5.10 Å². The van der Waals surface area contributed by atoms with Crippen LogP contribution in [0.4, 0.5) is 14.6 Å². The van der Waals surface area contributed by atoms with E-state index in [1.165, 1.54) is 41.3 Å². The summed E-state index contributed by atoms with van der Waals surface area (Å²) >= 11 is 0. The van der Waals surface area contributed by atoms with Gasteiger partial charge in [0.1, 0.15) is 41.0 Å². The summed E-state index contributed by atoms with van der Waals surface area (Å²) < 4.78 is 33.1. The van der Waals surface area contributed by atoms with Crippen LogP contribution in [-0.4, -0.2) is 30.5 Å². The van der Waals surface area contributed by atoms with Crippen molar-refractivity contribution < 1.29 is 18.3 Å². The smallest absolute Gasteiger partial charge is 0.275 e. The van der Waals surface area contributed by atoms with Crippen molar-refractivity contribution in [3.05, 3.63) is 72.6 Å². The Balaban J connectivity index is 1.67. The highest BCUT2D eigenvalue weighted by molar-refractivity contribution is 6.03. The number of nitrogens with one attached hydrogen (secondary N) is 1. The standard InChI is InChI=1S/C17H10F2N6O2/c18-10-1-2-15(21-7-10)24-17(26)14-4-12(5-16-22-9-23-25(14)16)27-13-3-11(19)6-20-8-13/h1-9H,(H,21,24,26). The number of fused-ring (bicyclic) bond motifs is 1. The molecule has 0 aliphatic rings. The molecule has 0 aliphatic carbocycles. The largest absolute Gasteiger partial charge is 0.455 e. The average molecular weight is 368 g/mol. The summed E-state index contributed by atoms with van der Waals surface area (Å²) in [4.78, 5) is 24.1. The predicted molar refractivity (Wildman–Crippen MR) is 89.4 cm³/mol. The monoisotopic (exact) mass is 368 g/mol. The maximum Gasteiger partial charge on any atom is 0.275 e. The van der Waals surface area contributed by atoms with Crippen LogP contribution in [0.2, 0.25) is 0 Å². The van der Waals surface area contributed by atoms with Crippen LogP contribution in [0.25, 0.3) is 5.65 Å². The second-order valence-electron chi connectivity index (χ2n) is 5.36. The summed E-state index contributed by atoms with van der Waals surface area (Å²) in [6.07, 6.45) is 4.63. The first-order chi connectivity index (χ1) is 13.1. The van der Waals surface area contributed by atoms with E-state index in [9.17, 15) is 13.6 Å². The minimum Gasteiger partial charge on any atom is -0.455 e. The van der Waals surface area contributed by atoms with E-state index < -0.39 is 17.5 Å². The lowest BCUT2D eigenvalue weighted by Crippen LogP contribution is -2.17. The lowest BCUT2D eigenvalue weighted by Gasteiger charge is -2.10. The summed E-state index contributed by atoms with van der Waals surface area (Å²) in [5.41, 5.74) is 0.435. The van der Waals surface area contributed by atoms with Crippen molar-refractivity contribution in [3.8, 4) is 11.5 Å². The first-order valence-electron chi connectivity index (χ1n) is 7.63. The molecule has 0 spiro atoms. The number of aromatic nitrogens is 5. The van der Waals surface area contributed by atoms with Crippen LogP contribution in [0.3, 0.4) is 0 Å². The summed E-state index contributed by atoms with van der Waals surface area (Å²) in [5, 5.41) is 6.53. The molecular formula is C17H10F2N6O2. The molecule has 4 heterocycles. The quantitative estimate of drug-likeness (QED) is 0.595. The maximum atomic E-state index is 13.3. The molecule has 0 aromatic carbocycles. The molecule has 10 heteroatoms. The van der Waals surface area contributed by atoms with E-state index >= 15 is 0 Å². The molecule has 0 unspecified atom stereocenters. The van der Waals surface area contributed by atoms with Crippen LogP contribution in [0.5, 0.6) is 11.5 Å². The van der Waals surface area contributed by atoms with Gasteiger partial charge in [-0.05, 0) is 12.1 Å². The number of rotatable bonds is 4. The van der Waals surface area contributed by atoms with E-state index in [-0.39, 0.29) is 23.0 Å². The highest BCUT2D eigenvalue weighted by Gasteiger charge is 2.16. The maximum absolute atomic E-state index is 13.3. The van der Waals surface area contributed by atoms with Gasteiger partial charge in [-0.3, -0.25) is 9.78 Å². The highest BCUT2D eigenvalue weighted by Crippen LogP contribution is 2.24. The Morgan fingerprint density at radius 2 is 1.89 bits per heavy atom. The number of pyridine rings is 3. The Labute approximate surface area is 150 Å². The first kappa shape index (κ1) is 16.5. The van der Waals surface area contributed by atoms with Gasteiger partial charge >= 0.3 is 0 Å². The van der Waals surface area contributed by atoms with E-state index in [4.69, 9.17) is 4.74 Å². The van der Waals surface area contributed by atoms with E-state index in [2.05, 4.69) is 25.4 Å². The molecule has 27 heavy (non-hydrogen) atoms. The molecule has 1 N–H and O–H groups in total. The second kappa shape index (κ2) is 6.75. The number of carbonyl (C=O) groups excluding carboxylic acids is 1. The van der Waals surface area contributed by atoms with E-state index in [0.29, 0.717) is 5.65 Å². The Bertz CT molecular complexity index is 1130. The van der Waals surface area contributed by atoms with Gasteiger partial charge in [0.15, 0.2) is 5.65 Å². The predicted octanol–water partition coefficient (Wildman–Crippen LogP) is 2.84. The van der Waals surface area contributed by atoms with Crippen molar-refractivity contribution in [2.24, 2.45) is 0 Å². The zero-order valence-corrected chi connectivity index (χ0v) is 13.5. The van der Waals surface area contributed by atoms with Gasteiger partial charge in [0.25, 0.3) is 5.91 Å². The van der Waals surface area contributed by atoms with Gasteiger partial charge in [0.05, 0.1) is 18.6 Å². The molecule has 0 aliphatic heterocycles. The number of hydrogen-bond acceptors (Lipinski definition) is 6. The molecule has 0 atom stereocenters. The molecule has 1 amide bonds. The van der Waals surface area contributed by atoms with Crippen LogP contribution >= 0.6 is 0 Å². The molecule has 8 nitrogen and oxygen atoms in total. The fourth-order valence-corrected chi connectivity index (χ4v) is 2.33. The fourth-order valence-electron chi connectivity index (χ4n) is 2.33.